The van der Waals surface area contributed by atoms with Crippen molar-refractivity contribution in [3.63, 3.8) is 0 Å². The predicted molar refractivity (Wildman–Crippen MR) is 134 cm³/mol. The zero-order valence-corrected chi connectivity index (χ0v) is 19.4. The van der Waals surface area contributed by atoms with Gasteiger partial charge in [0.1, 0.15) is 5.82 Å². The summed E-state index contributed by atoms with van der Waals surface area (Å²) in [6.07, 6.45) is 3.90. The van der Waals surface area contributed by atoms with Crippen LogP contribution >= 0.6 is 0 Å². The molecule has 4 rings (SSSR count). The van der Waals surface area contributed by atoms with Crippen molar-refractivity contribution in [1.29, 1.82) is 0 Å². The summed E-state index contributed by atoms with van der Waals surface area (Å²) in [7, 11) is 4.12. The molecule has 1 saturated carbocycles. The number of anilines is 3. The number of amides is 2. The minimum Gasteiger partial charge on any atom is -0.377 e. The third kappa shape index (κ3) is 4.96. The van der Waals surface area contributed by atoms with Gasteiger partial charge in [-0.3, -0.25) is 0 Å². The van der Waals surface area contributed by atoms with Crippen LogP contribution in [0.5, 0.6) is 0 Å². The van der Waals surface area contributed by atoms with E-state index in [4.69, 9.17) is 4.98 Å². The van der Waals surface area contributed by atoms with Gasteiger partial charge in [-0.15, -0.1) is 0 Å². The molecule has 1 aliphatic carbocycles. The van der Waals surface area contributed by atoms with Gasteiger partial charge < -0.3 is 20.9 Å². The Morgan fingerprint density at radius 2 is 1.69 bits per heavy atom. The number of pyridine rings is 1. The molecule has 1 aliphatic rings. The van der Waals surface area contributed by atoms with Gasteiger partial charge in [-0.25, -0.2) is 9.78 Å². The second-order valence-corrected chi connectivity index (χ2v) is 8.98. The number of benzene rings is 2. The SMILES string of the molecule is Cc1cccc(NC(=O)N[C@H]2CC[C@@H](Nc3cc(N(C)C)c4ccccc4n3)CC2)c1C. The molecule has 0 bridgehead atoms. The van der Waals surface area contributed by atoms with Crippen LogP contribution in [0.3, 0.4) is 0 Å². The van der Waals surface area contributed by atoms with E-state index >= 15 is 0 Å². The summed E-state index contributed by atoms with van der Waals surface area (Å²) in [5.74, 6) is 0.913. The van der Waals surface area contributed by atoms with Crippen molar-refractivity contribution in [2.45, 2.75) is 51.6 Å². The summed E-state index contributed by atoms with van der Waals surface area (Å²) in [5, 5.41) is 10.9. The van der Waals surface area contributed by atoms with Crippen LogP contribution in [0.4, 0.5) is 22.0 Å². The van der Waals surface area contributed by atoms with Crippen LogP contribution in [0.1, 0.15) is 36.8 Å². The summed E-state index contributed by atoms with van der Waals surface area (Å²) in [5.41, 5.74) is 5.32. The van der Waals surface area contributed by atoms with Gasteiger partial charge in [0.05, 0.1) is 5.52 Å². The predicted octanol–water partition coefficient (Wildman–Crippen LogP) is 5.46. The van der Waals surface area contributed by atoms with E-state index in [-0.39, 0.29) is 12.1 Å². The zero-order chi connectivity index (χ0) is 22.7. The van der Waals surface area contributed by atoms with E-state index in [1.807, 2.05) is 25.1 Å². The Morgan fingerprint density at radius 3 is 2.44 bits per heavy atom. The van der Waals surface area contributed by atoms with E-state index in [0.29, 0.717) is 6.04 Å². The van der Waals surface area contributed by atoms with Crippen molar-refractivity contribution in [1.82, 2.24) is 10.3 Å². The maximum Gasteiger partial charge on any atom is 0.319 e. The molecule has 6 heteroatoms. The Balaban J connectivity index is 1.33. The van der Waals surface area contributed by atoms with Gasteiger partial charge in [0.2, 0.25) is 0 Å². The topological polar surface area (TPSA) is 69.3 Å². The Morgan fingerprint density at radius 1 is 0.969 bits per heavy atom. The summed E-state index contributed by atoms with van der Waals surface area (Å²) in [6.45, 7) is 4.09. The molecule has 3 N–H and O–H groups in total. The number of nitrogens with one attached hydrogen (secondary N) is 3. The average Bonchev–Trinajstić information content (AvgIpc) is 2.77. The van der Waals surface area contributed by atoms with E-state index in [1.54, 1.807) is 0 Å². The Labute approximate surface area is 190 Å². The van der Waals surface area contributed by atoms with Gasteiger partial charge in [0.15, 0.2) is 0 Å². The second kappa shape index (κ2) is 9.47. The Hall–Kier alpha value is -3.28. The lowest BCUT2D eigenvalue weighted by Gasteiger charge is -2.30. The van der Waals surface area contributed by atoms with Crippen LogP contribution in [0.2, 0.25) is 0 Å². The fourth-order valence-corrected chi connectivity index (χ4v) is 4.42. The lowest BCUT2D eigenvalue weighted by atomic mass is 9.91. The third-order valence-electron chi connectivity index (χ3n) is 6.44. The van der Waals surface area contributed by atoms with Crippen molar-refractivity contribution in [2.24, 2.45) is 0 Å². The van der Waals surface area contributed by atoms with Gasteiger partial charge >= 0.3 is 6.03 Å². The first-order valence-electron chi connectivity index (χ1n) is 11.4. The first kappa shape index (κ1) is 21.9. The Kier molecular flexibility index (Phi) is 6.49. The lowest BCUT2D eigenvalue weighted by molar-refractivity contribution is 0.243. The number of aryl methyl sites for hydroxylation is 1. The summed E-state index contributed by atoms with van der Waals surface area (Å²) in [6, 6.07) is 16.8. The molecule has 168 valence electrons. The quantitative estimate of drug-likeness (QED) is 0.502. The van der Waals surface area contributed by atoms with E-state index in [2.05, 4.69) is 72.2 Å². The lowest BCUT2D eigenvalue weighted by Crippen LogP contribution is -2.42. The van der Waals surface area contributed by atoms with Crippen molar-refractivity contribution in [3.05, 3.63) is 59.7 Å². The highest BCUT2D eigenvalue weighted by Gasteiger charge is 2.23. The first-order chi connectivity index (χ1) is 15.4. The molecule has 3 aromatic rings. The van der Waals surface area contributed by atoms with Crippen LogP contribution in [-0.2, 0) is 0 Å². The maximum atomic E-state index is 12.5. The highest BCUT2D eigenvalue weighted by molar-refractivity contribution is 5.93. The number of carbonyl (C=O) groups excluding carboxylic acids is 1. The minimum atomic E-state index is -0.123. The monoisotopic (exact) mass is 431 g/mol. The molecule has 1 aromatic heterocycles. The fraction of sp³-hybridized carbons (Fsp3) is 0.385. The molecule has 0 unspecified atom stereocenters. The van der Waals surface area contributed by atoms with Crippen LogP contribution < -0.4 is 20.9 Å². The van der Waals surface area contributed by atoms with Crippen LogP contribution in [0.25, 0.3) is 10.9 Å². The minimum absolute atomic E-state index is 0.123. The maximum absolute atomic E-state index is 12.5. The van der Waals surface area contributed by atoms with Crippen molar-refractivity contribution in [2.75, 3.05) is 29.6 Å². The normalized spacial score (nSPS) is 18.2. The van der Waals surface area contributed by atoms with Crippen molar-refractivity contribution >= 4 is 34.1 Å². The number of rotatable bonds is 5. The highest BCUT2D eigenvalue weighted by atomic mass is 16.2. The molecule has 0 radical (unpaired) electrons. The molecule has 0 saturated heterocycles. The molecule has 0 aliphatic heterocycles. The number of fused-ring (bicyclic) bond motifs is 1. The highest BCUT2D eigenvalue weighted by Crippen LogP contribution is 2.29. The summed E-state index contributed by atoms with van der Waals surface area (Å²) < 4.78 is 0. The Bertz CT molecular complexity index is 1100. The molecule has 32 heavy (non-hydrogen) atoms. The van der Waals surface area contributed by atoms with E-state index in [0.717, 1.165) is 59.3 Å². The molecule has 1 heterocycles. The average molecular weight is 432 g/mol. The number of urea groups is 1. The van der Waals surface area contributed by atoms with Gasteiger partial charge in [0, 0.05) is 49.0 Å². The molecule has 2 amide bonds. The molecular formula is C26H33N5O. The molecule has 1 fully saturated rings. The van der Waals surface area contributed by atoms with Gasteiger partial charge in [0.25, 0.3) is 0 Å². The van der Waals surface area contributed by atoms with Crippen molar-refractivity contribution in [3.8, 4) is 0 Å². The molecule has 0 spiro atoms. The number of aromatic nitrogens is 1. The van der Waals surface area contributed by atoms with E-state index in [1.165, 1.54) is 5.56 Å². The summed E-state index contributed by atoms with van der Waals surface area (Å²) in [4.78, 5) is 19.4. The fourth-order valence-electron chi connectivity index (χ4n) is 4.42. The smallest absolute Gasteiger partial charge is 0.319 e. The van der Waals surface area contributed by atoms with Gasteiger partial charge in [-0.2, -0.15) is 0 Å². The largest absolute Gasteiger partial charge is 0.377 e. The first-order valence-corrected chi connectivity index (χ1v) is 11.4. The molecule has 2 aromatic carbocycles. The number of hydrogen-bond acceptors (Lipinski definition) is 4. The van der Waals surface area contributed by atoms with Crippen LogP contribution in [0, 0.1) is 13.8 Å². The van der Waals surface area contributed by atoms with E-state index in [9.17, 15) is 4.79 Å². The third-order valence-corrected chi connectivity index (χ3v) is 6.44. The number of carbonyl (C=O) groups is 1. The van der Waals surface area contributed by atoms with Gasteiger partial charge in [-0.1, -0.05) is 30.3 Å². The molecule has 0 atom stereocenters. The van der Waals surface area contributed by atoms with Crippen LogP contribution in [0.15, 0.2) is 48.5 Å². The molecule has 6 nitrogen and oxygen atoms in total. The summed E-state index contributed by atoms with van der Waals surface area (Å²) >= 11 is 0. The molecular weight excluding hydrogens is 398 g/mol. The number of para-hydroxylation sites is 1. The number of hydrogen-bond donors (Lipinski definition) is 3. The van der Waals surface area contributed by atoms with E-state index < -0.39 is 0 Å². The second-order valence-electron chi connectivity index (χ2n) is 8.98. The van der Waals surface area contributed by atoms with Crippen LogP contribution in [-0.4, -0.2) is 37.2 Å². The number of nitrogens with zero attached hydrogens (tertiary/aromatic N) is 2. The van der Waals surface area contributed by atoms with Gasteiger partial charge in [-0.05, 0) is 62.8 Å². The van der Waals surface area contributed by atoms with Crippen molar-refractivity contribution < 1.29 is 4.79 Å². The zero-order valence-electron chi connectivity index (χ0n) is 19.4. The standard InChI is InChI=1S/C26H33N5O/c1-17-8-7-11-22(18(17)2)30-26(32)28-20-14-12-19(13-15-20)27-25-16-24(31(3)4)21-9-5-6-10-23(21)29-25/h5-11,16,19-20H,12-15H2,1-4H3,(H,27,29)(H2,28,30,32)/t19-,20+.